The Morgan fingerprint density at radius 2 is 1.55 bits per heavy atom. The van der Waals surface area contributed by atoms with Gasteiger partial charge in [-0.15, -0.1) is 0 Å². The summed E-state index contributed by atoms with van der Waals surface area (Å²) >= 11 is 0. The Morgan fingerprint density at radius 1 is 0.774 bits per heavy atom. The summed E-state index contributed by atoms with van der Waals surface area (Å²) in [5.74, 6) is 1.84. The van der Waals surface area contributed by atoms with Crippen molar-refractivity contribution >= 4 is 30.5 Å². The molecule has 4 rings (SSSR count). The van der Waals surface area contributed by atoms with Gasteiger partial charge in [-0.1, -0.05) is 30.3 Å². The summed E-state index contributed by atoms with van der Waals surface area (Å²) in [6, 6.07) is 28.0. The number of nitrogens with one attached hydrogen (secondary N) is 2. The quantitative estimate of drug-likeness (QED) is 0.268. The Kier molecular flexibility index (Phi) is 5.90. The van der Waals surface area contributed by atoms with E-state index in [1.807, 2.05) is 61.6 Å². The number of phenols is 1. The maximum absolute atomic E-state index is 10.6. The summed E-state index contributed by atoms with van der Waals surface area (Å²) in [7, 11) is 7.76. The van der Waals surface area contributed by atoms with Gasteiger partial charge < -0.3 is 0 Å². The van der Waals surface area contributed by atoms with Crippen LogP contribution in [0.25, 0.3) is 22.3 Å². The molecule has 0 unspecified atom stereocenters. The molecule has 0 aliphatic carbocycles. The second-order valence-electron chi connectivity index (χ2n) is 7.49. The van der Waals surface area contributed by atoms with Gasteiger partial charge in [-0.2, -0.15) is 0 Å². The zero-order chi connectivity index (χ0) is 21.8. The monoisotopic (exact) mass is 403 g/mol. The number of hydrogen-bond acceptors (Lipinski definition) is 3. The van der Waals surface area contributed by atoms with Crippen LogP contribution in [-0.2, 0) is 0 Å². The topological polar surface area (TPSA) is 44.3 Å². The normalized spacial score (nSPS) is 10.5. The van der Waals surface area contributed by atoms with Gasteiger partial charge in [0.15, 0.2) is 0 Å². The van der Waals surface area contributed by atoms with E-state index >= 15 is 0 Å². The van der Waals surface area contributed by atoms with E-state index in [0.29, 0.717) is 5.69 Å². The van der Waals surface area contributed by atoms with E-state index in [0.717, 1.165) is 39.2 Å². The molecule has 31 heavy (non-hydrogen) atoms. The van der Waals surface area contributed by atoms with E-state index < -0.39 is 0 Å². The first-order valence-electron chi connectivity index (χ1n) is 10.2. The van der Waals surface area contributed by atoms with Gasteiger partial charge >= 0.3 is 148 Å². The summed E-state index contributed by atoms with van der Waals surface area (Å²) in [5.41, 5.74) is 8.83. The fraction of sp³-hybridized carbons (Fsp3) is 0.0741. The van der Waals surface area contributed by atoms with E-state index in [-0.39, 0.29) is 5.75 Å². The molecule has 0 saturated heterocycles. The van der Waals surface area contributed by atoms with Crippen LogP contribution < -0.4 is 10.6 Å². The number of aryl methyl sites for hydroxylation is 1. The van der Waals surface area contributed by atoms with Crippen molar-refractivity contribution < 1.29 is 5.11 Å². The first-order chi connectivity index (χ1) is 15.1. The van der Waals surface area contributed by atoms with Gasteiger partial charge in [0, 0.05) is 0 Å². The molecule has 151 valence electrons. The molecule has 4 aromatic rings. The van der Waals surface area contributed by atoms with Gasteiger partial charge in [0.05, 0.1) is 0 Å². The molecule has 0 aliphatic rings. The SMILES string of the molecule is [B]=Cc1cc(C)ccc1-c1ccc(Nc2ccc(-c3ccccc3)cc2O)cc1NC. The molecule has 4 heteroatoms. The Bertz CT molecular complexity index is 1240. The zero-order valence-electron chi connectivity index (χ0n) is 17.7. The minimum atomic E-state index is 0.204. The standard InChI is InChI=1S/C27H24BN2O/c1-18-8-11-23(21(14-18)17-28)24-12-10-22(16-26(24)29-2)30-25-13-9-20(15-27(25)31)19-6-4-3-5-7-19/h3-17,29-31H,1-2H3. The van der Waals surface area contributed by atoms with Crippen molar-refractivity contribution in [2.45, 2.75) is 6.92 Å². The average molecular weight is 403 g/mol. The van der Waals surface area contributed by atoms with E-state index in [1.165, 1.54) is 5.56 Å². The second-order valence-corrected chi connectivity index (χ2v) is 7.49. The number of hydrogen-bond donors (Lipinski definition) is 3. The predicted octanol–water partition coefficient (Wildman–Crippen LogP) is 6.14. The molecule has 1 radical (unpaired) electrons. The molecular formula is C27H24BN2O. The van der Waals surface area contributed by atoms with Gasteiger partial charge in [-0.25, -0.2) is 0 Å². The molecule has 0 aliphatic heterocycles. The molecule has 4 aromatic carbocycles. The Morgan fingerprint density at radius 3 is 2.26 bits per heavy atom. The molecule has 0 aromatic heterocycles. The minimum absolute atomic E-state index is 0.204. The molecular weight excluding hydrogens is 379 g/mol. The average Bonchev–Trinajstić information content (AvgIpc) is 2.81. The van der Waals surface area contributed by atoms with Crippen molar-refractivity contribution in [3.63, 3.8) is 0 Å². The van der Waals surface area contributed by atoms with Gasteiger partial charge in [-0.3, -0.25) is 0 Å². The first-order valence-corrected chi connectivity index (χ1v) is 10.2. The predicted molar refractivity (Wildman–Crippen MR) is 134 cm³/mol. The van der Waals surface area contributed by atoms with Gasteiger partial charge in [-0.05, 0) is 5.56 Å². The fourth-order valence-electron chi connectivity index (χ4n) is 3.73. The van der Waals surface area contributed by atoms with Crippen LogP contribution in [0.4, 0.5) is 17.1 Å². The molecule has 0 bridgehead atoms. The van der Waals surface area contributed by atoms with Crippen molar-refractivity contribution in [2.24, 2.45) is 0 Å². The molecule has 0 heterocycles. The van der Waals surface area contributed by atoms with Crippen LogP contribution in [0.3, 0.4) is 0 Å². The van der Waals surface area contributed by atoms with E-state index in [1.54, 1.807) is 12.0 Å². The van der Waals surface area contributed by atoms with Crippen molar-refractivity contribution in [3.8, 4) is 28.0 Å². The molecule has 0 saturated carbocycles. The molecule has 0 atom stereocenters. The summed E-state index contributed by atoms with van der Waals surface area (Å²) in [5, 5.41) is 17.2. The van der Waals surface area contributed by atoms with E-state index in [9.17, 15) is 5.11 Å². The van der Waals surface area contributed by atoms with Crippen LogP contribution >= 0.6 is 0 Å². The van der Waals surface area contributed by atoms with E-state index in [4.69, 9.17) is 7.49 Å². The Balaban J connectivity index is 1.64. The Labute approximate surface area is 184 Å². The summed E-state index contributed by atoms with van der Waals surface area (Å²) < 4.78 is 0. The van der Waals surface area contributed by atoms with Crippen LogP contribution in [-0.4, -0.2) is 25.6 Å². The van der Waals surface area contributed by atoms with Gasteiger partial charge in [0.25, 0.3) is 0 Å². The van der Waals surface area contributed by atoms with Crippen molar-refractivity contribution in [1.82, 2.24) is 0 Å². The number of rotatable bonds is 6. The molecule has 0 fully saturated rings. The third kappa shape index (κ3) is 4.38. The van der Waals surface area contributed by atoms with Crippen LogP contribution in [0.1, 0.15) is 11.1 Å². The third-order valence-corrected chi connectivity index (χ3v) is 5.35. The van der Waals surface area contributed by atoms with Crippen LogP contribution in [0.5, 0.6) is 5.75 Å². The van der Waals surface area contributed by atoms with E-state index in [2.05, 4.69) is 41.8 Å². The van der Waals surface area contributed by atoms with Crippen LogP contribution in [0.15, 0.2) is 84.9 Å². The van der Waals surface area contributed by atoms with Gasteiger partial charge in [0.2, 0.25) is 0 Å². The molecule has 0 spiro atoms. The van der Waals surface area contributed by atoms with Crippen LogP contribution in [0, 0.1) is 6.92 Å². The van der Waals surface area contributed by atoms with Crippen molar-refractivity contribution in [3.05, 3.63) is 96.1 Å². The number of anilines is 3. The third-order valence-electron chi connectivity index (χ3n) is 5.35. The van der Waals surface area contributed by atoms with Crippen molar-refractivity contribution in [1.29, 1.82) is 0 Å². The first kappa shape index (κ1) is 20.5. The summed E-state index contributed by atoms with van der Waals surface area (Å²) in [6.45, 7) is 2.05. The van der Waals surface area contributed by atoms with Crippen LogP contribution in [0.2, 0.25) is 0 Å². The number of aromatic hydroxyl groups is 1. The molecule has 0 amide bonds. The summed E-state index contributed by atoms with van der Waals surface area (Å²) in [4.78, 5) is 0. The fourth-order valence-corrected chi connectivity index (χ4v) is 3.73. The molecule has 3 nitrogen and oxygen atoms in total. The number of phenolic OH excluding ortho intramolecular Hbond substituents is 1. The zero-order valence-corrected chi connectivity index (χ0v) is 17.7. The summed E-state index contributed by atoms with van der Waals surface area (Å²) in [6.07, 6.45) is 0. The van der Waals surface area contributed by atoms with Gasteiger partial charge in [0.1, 0.15) is 0 Å². The maximum atomic E-state index is 10.6. The van der Waals surface area contributed by atoms with Crippen molar-refractivity contribution in [2.75, 3.05) is 17.7 Å². The Hall–Kier alpha value is -3.79. The molecule has 3 N–H and O–H groups in total. The second kappa shape index (κ2) is 8.92. The number of benzene rings is 4.